The average Bonchev–Trinajstić information content (AvgIpc) is 3.62. The molecule has 4 aromatic carbocycles. The molecule has 46 heavy (non-hydrogen) atoms. The summed E-state index contributed by atoms with van der Waals surface area (Å²) in [6.07, 6.45) is 3.85. The smallest absolute Gasteiger partial charge is 0.145 e. The van der Waals surface area contributed by atoms with E-state index in [-0.39, 0.29) is 0 Å². The summed E-state index contributed by atoms with van der Waals surface area (Å²) in [5, 5.41) is 5.45. The van der Waals surface area contributed by atoms with E-state index in [1.165, 1.54) is 27.6 Å². The molecule has 0 saturated heterocycles. The molecule has 9 rings (SSSR count). The maximum absolute atomic E-state index is 6.60. The van der Waals surface area contributed by atoms with Gasteiger partial charge in [-0.1, -0.05) is 35.9 Å². The Morgan fingerprint density at radius 3 is 2.07 bits per heavy atom. The van der Waals surface area contributed by atoms with Gasteiger partial charge in [0, 0.05) is 39.0 Å². The van der Waals surface area contributed by atoms with Gasteiger partial charge in [0.1, 0.15) is 22.8 Å². The van der Waals surface area contributed by atoms with Crippen LogP contribution in [0.2, 0.25) is 0 Å². The average molecular weight is 598 g/mol. The van der Waals surface area contributed by atoms with Crippen LogP contribution in [0.1, 0.15) is 28.1 Å². The van der Waals surface area contributed by atoms with Gasteiger partial charge in [0.05, 0.1) is 34.1 Å². The van der Waals surface area contributed by atoms with Crippen LogP contribution in [0.15, 0.2) is 97.3 Å². The third-order valence-electron chi connectivity index (χ3n) is 9.46. The molecule has 6 nitrogen and oxygen atoms in total. The molecule has 0 bridgehead atoms. The van der Waals surface area contributed by atoms with Gasteiger partial charge in [-0.2, -0.15) is 0 Å². The fourth-order valence-corrected chi connectivity index (χ4v) is 7.43. The molecule has 0 spiro atoms. The van der Waals surface area contributed by atoms with E-state index in [0.717, 1.165) is 78.0 Å². The fraction of sp³-hybridized carbons (Fsp3) is 0.125. The van der Waals surface area contributed by atoms with Crippen LogP contribution in [-0.4, -0.2) is 23.8 Å². The number of ether oxygens (including phenoxy) is 1. The highest BCUT2D eigenvalue weighted by Crippen LogP contribution is 2.38. The van der Waals surface area contributed by atoms with Crippen molar-refractivity contribution in [2.75, 3.05) is 0 Å². The van der Waals surface area contributed by atoms with Gasteiger partial charge in [0.2, 0.25) is 0 Å². The highest BCUT2D eigenvalue weighted by Gasteiger charge is 2.19. The maximum atomic E-state index is 6.60. The van der Waals surface area contributed by atoms with Crippen LogP contribution >= 0.6 is 0 Å². The first-order valence-corrected chi connectivity index (χ1v) is 15.6. The van der Waals surface area contributed by atoms with Crippen LogP contribution in [0.4, 0.5) is 0 Å². The zero-order valence-corrected chi connectivity index (χ0v) is 26.4. The van der Waals surface area contributed by atoms with E-state index in [0.29, 0.717) is 0 Å². The molecule has 6 heteroatoms. The molecular weight excluding hydrogens is 566 g/mol. The SMILES string of the molecule is Cc1cc(C)c(-c2cnc3c4cc(Oc5ccc6c7ccccc7n7c(C)c(C)nc7c6c5)ccc4c4ncccc4n23)c(C)c1. The second kappa shape index (κ2) is 9.62. The molecule has 0 radical (unpaired) electrons. The van der Waals surface area contributed by atoms with E-state index in [4.69, 9.17) is 19.7 Å². The lowest BCUT2D eigenvalue weighted by atomic mass is 9.97. The van der Waals surface area contributed by atoms with Crippen molar-refractivity contribution in [1.29, 1.82) is 0 Å². The minimum atomic E-state index is 0.740. The molecular formula is C40H31N5O. The summed E-state index contributed by atoms with van der Waals surface area (Å²) in [4.78, 5) is 14.8. The summed E-state index contributed by atoms with van der Waals surface area (Å²) in [6.45, 7) is 10.7. The Kier molecular flexibility index (Phi) is 5.57. The maximum Gasteiger partial charge on any atom is 0.145 e. The summed E-state index contributed by atoms with van der Waals surface area (Å²) < 4.78 is 11.1. The molecule has 222 valence electrons. The Morgan fingerprint density at radius 2 is 1.28 bits per heavy atom. The molecule has 5 aromatic heterocycles. The van der Waals surface area contributed by atoms with Crippen LogP contribution in [0.5, 0.6) is 11.5 Å². The van der Waals surface area contributed by atoms with Gasteiger partial charge in [0.15, 0.2) is 0 Å². The van der Waals surface area contributed by atoms with Crippen molar-refractivity contribution in [2.45, 2.75) is 34.6 Å². The predicted octanol–water partition coefficient (Wildman–Crippen LogP) is 9.99. The van der Waals surface area contributed by atoms with Gasteiger partial charge in [-0.05, 0) is 106 Å². The number of hydrogen-bond donors (Lipinski definition) is 0. The van der Waals surface area contributed by atoms with E-state index in [9.17, 15) is 0 Å². The van der Waals surface area contributed by atoms with Crippen molar-refractivity contribution in [3.8, 4) is 22.8 Å². The van der Waals surface area contributed by atoms with Gasteiger partial charge >= 0.3 is 0 Å². The number of rotatable bonds is 3. The standard InChI is InChI=1S/C40H31N5O/c1-22-17-23(2)37(24(3)18-22)36-21-42-39-33-20-28(13-15-31(33)38-35(45(36)39)11-8-16-41-38)46-27-12-14-29-30-9-6-7-10-34(30)44-26(5)25(4)43-40(44)32(29)19-27/h6-21H,1-5H3. The zero-order valence-electron chi connectivity index (χ0n) is 26.4. The van der Waals surface area contributed by atoms with Crippen molar-refractivity contribution in [3.63, 3.8) is 0 Å². The molecule has 0 atom stereocenters. The Bertz CT molecular complexity index is 2710. The number of aromatic nitrogens is 5. The summed E-state index contributed by atoms with van der Waals surface area (Å²) in [6, 6.07) is 29.6. The molecule has 0 N–H and O–H groups in total. The van der Waals surface area contributed by atoms with Crippen molar-refractivity contribution in [1.82, 2.24) is 23.8 Å². The first-order valence-electron chi connectivity index (χ1n) is 15.6. The summed E-state index contributed by atoms with van der Waals surface area (Å²) >= 11 is 0. The predicted molar refractivity (Wildman–Crippen MR) is 187 cm³/mol. The normalized spacial score (nSPS) is 12.0. The Morgan fingerprint density at radius 1 is 0.587 bits per heavy atom. The van der Waals surface area contributed by atoms with Crippen LogP contribution in [0.25, 0.3) is 66.0 Å². The minimum absolute atomic E-state index is 0.740. The van der Waals surface area contributed by atoms with Crippen LogP contribution in [0, 0.1) is 34.6 Å². The number of aryl methyl sites for hydroxylation is 5. The highest BCUT2D eigenvalue weighted by atomic mass is 16.5. The molecule has 0 unspecified atom stereocenters. The van der Waals surface area contributed by atoms with E-state index in [1.807, 2.05) is 30.6 Å². The number of nitrogens with zero attached hydrogens (tertiary/aromatic N) is 5. The first-order chi connectivity index (χ1) is 22.4. The third kappa shape index (κ3) is 3.73. The van der Waals surface area contributed by atoms with Gasteiger partial charge in [-0.25, -0.2) is 9.97 Å². The summed E-state index contributed by atoms with van der Waals surface area (Å²) in [5.74, 6) is 1.50. The second-order valence-corrected chi connectivity index (χ2v) is 12.4. The van der Waals surface area contributed by atoms with Crippen LogP contribution in [0.3, 0.4) is 0 Å². The van der Waals surface area contributed by atoms with E-state index < -0.39 is 0 Å². The molecule has 0 saturated carbocycles. The minimum Gasteiger partial charge on any atom is -0.457 e. The lowest BCUT2D eigenvalue weighted by Gasteiger charge is -2.15. The van der Waals surface area contributed by atoms with Crippen LogP contribution < -0.4 is 4.74 Å². The molecule has 0 amide bonds. The van der Waals surface area contributed by atoms with Crippen molar-refractivity contribution < 1.29 is 4.74 Å². The number of fused-ring (bicyclic) bond motifs is 12. The molecule has 0 fully saturated rings. The number of pyridine rings is 3. The van der Waals surface area contributed by atoms with E-state index in [1.54, 1.807) is 0 Å². The van der Waals surface area contributed by atoms with E-state index >= 15 is 0 Å². The quantitative estimate of drug-likeness (QED) is 0.190. The lowest BCUT2D eigenvalue weighted by molar-refractivity contribution is 0.484. The van der Waals surface area contributed by atoms with Crippen molar-refractivity contribution >= 4 is 54.8 Å². The monoisotopic (exact) mass is 597 g/mol. The first kappa shape index (κ1) is 26.6. The van der Waals surface area contributed by atoms with Crippen molar-refractivity contribution in [2.24, 2.45) is 0 Å². The van der Waals surface area contributed by atoms with Gasteiger partial charge in [0.25, 0.3) is 0 Å². The molecule has 9 aromatic rings. The van der Waals surface area contributed by atoms with E-state index in [2.05, 4.69) is 110 Å². The Labute approximate surface area is 265 Å². The molecule has 0 aliphatic rings. The zero-order chi connectivity index (χ0) is 31.3. The Balaban J connectivity index is 1.24. The lowest BCUT2D eigenvalue weighted by Crippen LogP contribution is -1.98. The van der Waals surface area contributed by atoms with Gasteiger partial charge in [-0.3, -0.25) is 13.8 Å². The largest absolute Gasteiger partial charge is 0.457 e. The van der Waals surface area contributed by atoms with Crippen LogP contribution in [-0.2, 0) is 0 Å². The number of imidazole rings is 2. The summed E-state index contributed by atoms with van der Waals surface area (Å²) in [5.41, 5.74) is 13.1. The third-order valence-corrected chi connectivity index (χ3v) is 9.46. The number of para-hydroxylation sites is 1. The molecule has 0 aliphatic heterocycles. The van der Waals surface area contributed by atoms with Gasteiger partial charge in [-0.15, -0.1) is 0 Å². The summed E-state index contributed by atoms with van der Waals surface area (Å²) in [7, 11) is 0. The fourth-order valence-electron chi connectivity index (χ4n) is 7.43. The number of hydrogen-bond acceptors (Lipinski definition) is 4. The molecule has 5 heterocycles. The second-order valence-electron chi connectivity index (χ2n) is 12.4. The number of benzene rings is 4. The van der Waals surface area contributed by atoms with Gasteiger partial charge < -0.3 is 4.74 Å². The van der Waals surface area contributed by atoms with Crippen molar-refractivity contribution in [3.05, 3.63) is 125 Å². The highest BCUT2D eigenvalue weighted by molar-refractivity contribution is 6.13. The topological polar surface area (TPSA) is 56.7 Å². The Hall–Kier alpha value is -5.75. The molecule has 0 aliphatic carbocycles.